The number of nitrogens with one attached hydrogen (secondary N) is 1. The second kappa shape index (κ2) is 13.5. The van der Waals surface area contributed by atoms with Gasteiger partial charge in [-0.3, -0.25) is 22.8 Å². The summed E-state index contributed by atoms with van der Waals surface area (Å²) in [6.07, 6.45) is -1.31. The third-order valence-corrected chi connectivity index (χ3v) is 7.34. The molecule has 3 rings (SSSR count). The molecule has 1 aliphatic heterocycles. The number of aliphatic hydroxyl groups is 1. The van der Waals surface area contributed by atoms with Crippen molar-refractivity contribution in [2.24, 2.45) is 0 Å². The predicted molar refractivity (Wildman–Crippen MR) is 83.6 cm³/mol. The third kappa shape index (κ3) is 9.82. The SMILES string of the molecule is O=c1[nH]cnc2c1ncn2[C@H]1C[C@H](O)[C@@H](COP(=O)([O-])OP(=O)([O-])OP(=O)([O-])[O-])O1.[Na+].[Na+].[Na+]. The van der Waals surface area contributed by atoms with E-state index in [1.165, 1.54) is 10.9 Å². The van der Waals surface area contributed by atoms with Crippen LogP contribution in [-0.2, 0) is 31.6 Å². The van der Waals surface area contributed by atoms with Crippen LogP contribution >= 0.6 is 23.5 Å². The van der Waals surface area contributed by atoms with Gasteiger partial charge in [-0.15, -0.1) is 0 Å². The summed E-state index contributed by atoms with van der Waals surface area (Å²) in [4.78, 5) is 65.0. The summed E-state index contributed by atoms with van der Waals surface area (Å²) < 4.78 is 50.4. The zero-order valence-electron chi connectivity index (χ0n) is 17.3. The van der Waals surface area contributed by atoms with Gasteiger partial charge < -0.3 is 43.5 Å². The average molecular weight is 557 g/mol. The van der Waals surface area contributed by atoms with Crippen LogP contribution < -0.4 is 114 Å². The van der Waals surface area contributed by atoms with Gasteiger partial charge in [-0.1, -0.05) is 0 Å². The Balaban J connectivity index is 0.00000341. The third-order valence-electron chi connectivity index (χ3n) is 3.68. The summed E-state index contributed by atoms with van der Waals surface area (Å²) >= 11 is 0. The topological polar surface area (TPSA) is 264 Å². The minimum atomic E-state index is -6.10. The Morgan fingerprint density at radius 1 is 1.12 bits per heavy atom. The number of aliphatic hydroxyl groups excluding tert-OH is 1. The summed E-state index contributed by atoms with van der Waals surface area (Å²) in [6, 6.07) is 0. The molecule has 0 aliphatic carbocycles. The Bertz CT molecular complexity index is 1140. The van der Waals surface area contributed by atoms with Crippen LogP contribution in [0.25, 0.3) is 11.2 Å². The molecule has 1 saturated heterocycles. The van der Waals surface area contributed by atoms with E-state index < -0.39 is 54.1 Å². The first-order chi connectivity index (χ1) is 13.8. The molecule has 23 heteroatoms. The van der Waals surface area contributed by atoms with Crippen LogP contribution in [0.3, 0.4) is 0 Å². The van der Waals surface area contributed by atoms with E-state index in [4.69, 9.17) is 4.74 Å². The molecule has 33 heavy (non-hydrogen) atoms. The maximum absolute atomic E-state index is 11.7. The van der Waals surface area contributed by atoms with Crippen LogP contribution in [0.1, 0.15) is 12.6 Å². The maximum atomic E-state index is 11.7. The number of ether oxygens (including phenoxy) is 1. The molecule has 1 fully saturated rings. The molecule has 0 aromatic carbocycles. The molecule has 2 N–H and O–H groups in total. The van der Waals surface area contributed by atoms with Gasteiger partial charge in [0.25, 0.3) is 21.2 Å². The van der Waals surface area contributed by atoms with Crippen molar-refractivity contribution in [3.63, 3.8) is 0 Å². The molecule has 0 radical (unpaired) electrons. The number of aromatic nitrogens is 4. The van der Waals surface area contributed by atoms with Gasteiger partial charge in [-0.2, -0.15) is 0 Å². The van der Waals surface area contributed by atoms with Crippen molar-refractivity contribution in [1.29, 1.82) is 0 Å². The molecule has 2 aromatic heterocycles. The van der Waals surface area contributed by atoms with E-state index in [0.717, 1.165) is 6.33 Å². The van der Waals surface area contributed by atoms with Crippen LogP contribution in [0.15, 0.2) is 17.4 Å². The van der Waals surface area contributed by atoms with E-state index in [2.05, 4.69) is 28.1 Å². The Labute approximate surface area is 250 Å². The summed E-state index contributed by atoms with van der Waals surface area (Å²) in [6.45, 7) is -0.939. The Kier molecular flexibility index (Phi) is 14.2. The zero-order valence-corrected chi connectivity index (χ0v) is 26.0. The number of rotatable bonds is 8. The first-order valence-electron chi connectivity index (χ1n) is 7.71. The molecule has 2 unspecified atom stereocenters. The monoisotopic (exact) mass is 557 g/mol. The minimum Gasteiger partial charge on any atom is -0.790 e. The number of hydrogen-bond acceptors (Lipinski definition) is 15. The predicted octanol–water partition coefficient (Wildman–Crippen LogP) is -12.4. The summed E-state index contributed by atoms with van der Waals surface area (Å²) in [5.74, 6) is 0. The van der Waals surface area contributed by atoms with Crippen molar-refractivity contribution in [2.45, 2.75) is 24.9 Å². The molecule has 2 aromatic rings. The molecule has 0 saturated carbocycles. The van der Waals surface area contributed by atoms with E-state index in [9.17, 15) is 43.2 Å². The van der Waals surface area contributed by atoms with Crippen molar-refractivity contribution in [3.05, 3.63) is 23.0 Å². The van der Waals surface area contributed by atoms with E-state index in [1.807, 2.05) is 0 Å². The van der Waals surface area contributed by atoms with Crippen molar-refractivity contribution in [2.75, 3.05) is 6.61 Å². The number of phosphoric acid groups is 3. The number of nitrogens with zero attached hydrogens (tertiary/aromatic N) is 3. The molecule has 0 bridgehead atoms. The maximum Gasteiger partial charge on any atom is 1.00 e. The standard InChI is InChI=1S/C10H15N4O13P3.3Na/c15-5-1-7(14-4-13-8-9(14)11-3-12-10(8)16)25-6(5)2-24-29(20,21)27-30(22,23)26-28(17,18)19;;;/h3-7,15H,1-2H2,(H,20,21)(H,22,23)(H,11,12,16)(H2,17,18,19);;;/q;3*+1/p-4/t5-,6+,7+;;;/m0.../s1. The largest absolute Gasteiger partial charge is 1.00 e. The number of aromatic amines is 1. The minimum absolute atomic E-state index is 0. The second-order valence-electron chi connectivity index (χ2n) is 5.79. The molecule has 0 spiro atoms. The van der Waals surface area contributed by atoms with Gasteiger partial charge in [-0.05, 0) is 0 Å². The number of fused-ring (bicyclic) bond motifs is 1. The molecule has 1 aliphatic rings. The van der Waals surface area contributed by atoms with E-state index >= 15 is 0 Å². The Morgan fingerprint density at radius 2 is 1.76 bits per heavy atom. The number of H-pyrrole nitrogens is 1. The van der Waals surface area contributed by atoms with Gasteiger partial charge >= 0.3 is 88.7 Å². The first kappa shape index (κ1) is 34.7. The van der Waals surface area contributed by atoms with Gasteiger partial charge in [-0.25, -0.2) is 14.3 Å². The van der Waals surface area contributed by atoms with Crippen molar-refractivity contribution >= 4 is 34.6 Å². The van der Waals surface area contributed by atoms with E-state index in [1.54, 1.807) is 0 Å². The molecule has 17 nitrogen and oxygen atoms in total. The molecule has 3 heterocycles. The average Bonchev–Trinajstić information content (AvgIpc) is 3.14. The van der Waals surface area contributed by atoms with Crippen LogP contribution in [0, 0.1) is 0 Å². The van der Waals surface area contributed by atoms with Crippen LogP contribution in [0.4, 0.5) is 0 Å². The zero-order chi connectivity index (χ0) is 22.3. The number of imidazole rings is 1. The van der Waals surface area contributed by atoms with E-state index in [-0.39, 0.29) is 106 Å². The van der Waals surface area contributed by atoms with Gasteiger partial charge in [0.15, 0.2) is 11.2 Å². The van der Waals surface area contributed by atoms with Gasteiger partial charge in [0.1, 0.15) is 12.3 Å². The quantitative estimate of drug-likeness (QED) is 0.225. The fraction of sp³-hybridized carbons (Fsp3) is 0.500. The van der Waals surface area contributed by atoms with Crippen molar-refractivity contribution < 1.29 is 145 Å². The van der Waals surface area contributed by atoms with Crippen molar-refractivity contribution in [3.8, 4) is 0 Å². The van der Waals surface area contributed by atoms with Gasteiger partial charge in [0, 0.05) is 6.42 Å². The Hall–Kier alpha value is 1.68. The fourth-order valence-electron chi connectivity index (χ4n) is 2.56. The Morgan fingerprint density at radius 3 is 2.36 bits per heavy atom. The normalized spacial score (nSPS) is 24.1. The van der Waals surface area contributed by atoms with Gasteiger partial charge in [0.2, 0.25) is 0 Å². The van der Waals surface area contributed by atoms with Crippen LogP contribution in [-0.4, -0.2) is 43.4 Å². The first-order valence-corrected chi connectivity index (χ1v) is 12.1. The number of phosphoric ester groups is 1. The van der Waals surface area contributed by atoms with Crippen LogP contribution in [0.5, 0.6) is 0 Å². The van der Waals surface area contributed by atoms with E-state index in [0.29, 0.717) is 0 Å². The molecule has 168 valence electrons. The summed E-state index contributed by atoms with van der Waals surface area (Å²) in [5.41, 5.74) is -0.404. The molecular formula is C10H11N4Na3O13P3-. The molecular weight excluding hydrogens is 546 g/mol. The van der Waals surface area contributed by atoms with Crippen molar-refractivity contribution in [1.82, 2.24) is 19.5 Å². The van der Waals surface area contributed by atoms with Crippen LogP contribution in [0.2, 0.25) is 0 Å². The smallest absolute Gasteiger partial charge is 0.790 e. The molecule has 0 amide bonds. The molecule has 5 atom stereocenters. The summed E-state index contributed by atoms with van der Waals surface area (Å²) in [7, 11) is -17.9. The second-order valence-corrected chi connectivity index (χ2v) is 10.0. The number of hydrogen-bond donors (Lipinski definition) is 2. The van der Waals surface area contributed by atoms with Gasteiger partial charge in [0.05, 0.1) is 33.2 Å². The summed E-state index contributed by atoms with van der Waals surface area (Å²) in [5, 5.41) is 10.0. The fourth-order valence-corrected chi connectivity index (χ4v) is 5.42.